The largest absolute Gasteiger partial charge is 0.493 e. The van der Waals surface area contributed by atoms with E-state index in [0.29, 0.717) is 25.0 Å². The fourth-order valence-electron chi connectivity index (χ4n) is 2.59. The first-order valence-electron chi connectivity index (χ1n) is 8.30. The van der Waals surface area contributed by atoms with E-state index in [-0.39, 0.29) is 0 Å². The van der Waals surface area contributed by atoms with Crippen LogP contribution in [0.15, 0.2) is 54.9 Å². The van der Waals surface area contributed by atoms with Crippen molar-refractivity contribution >= 4 is 10.9 Å². The SMILES string of the molecule is CC(C)c1ccccc1OCCCOc1ncnc2ccccc12. The molecule has 1 heterocycles. The van der Waals surface area contributed by atoms with Crippen LogP contribution >= 0.6 is 0 Å². The molecule has 0 atom stereocenters. The minimum atomic E-state index is 0.449. The molecule has 0 aliphatic heterocycles. The van der Waals surface area contributed by atoms with E-state index in [4.69, 9.17) is 9.47 Å². The van der Waals surface area contributed by atoms with Gasteiger partial charge in [0.05, 0.1) is 24.1 Å². The number of aromatic nitrogens is 2. The Bertz CT molecular complexity index is 797. The van der Waals surface area contributed by atoms with Crippen LogP contribution in [0.3, 0.4) is 0 Å². The van der Waals surface area contributed by atoms with Gasteiger partial charge in [-0.1, -0.05) is 44.2 Å². The van der Waals surface area contributed by atoms with E-state index in [9.17, 15) is 0 Å². The number of fused-ring (bicyclic) bond motifs is 1. The number of rotatable bonds is 7. The van der Waals surface area contributed by atoms with Crippen molar-refractivity contribution in [3.8, 4) is 11.6 Å². The molecule has 0 bridgehead atoms. The molecule has 0 amide bonds. The van der Waals surface area contributed by atoms with Gasteiger partial charge in [0.25, 0.3) is 0 Å². The zero-order chi connectivity index (χ0) is 16.8. The quantitative estimate of drug-likeness (QED) is 0.596. The molecule has 24 heavy (non-hydrogen) atoms. The third-order valence-corrected chi connectivity index (χ3v) is 3.83. The Morgan fingerprint density at radius 2 is 1.62 bits per heavy atom. The van der Waals surface area contributed by atoms with E-state index in [0.717, 1.165) is 23.1 Å². The number of nitrogens with zero attached hydrogens (tertiary/aromatic N) is 2. The molecule has 1 aromatic heterocycles. The van der Waals surface area contributed by atoms with Crippen LogP contribution < -0.4 is 9.47 Å². The van der Waals surface area contributed by atoms with Crippen molar-refractivity contribution < 1.29 is 9.47 Å². The molecule has 0 radical (unpaired) electrons. The summed E-state index contributed by atoms with van der Waals surface area (Å²) in [7, 11) is 0. The molecule has 0 unspecified atom stereocenters. The predicted molar refractivity (Wildman–Crippen MR) is 95.7 cm³/mol. The highest BCUT2D eigenvalue weighted by Crippen LogP contribution is 2.26. The summed E-state index contributed by atoms with van der Waals surface area (Å²) in [6.07, 6.45) is 2.33. The van der Waals surface area contributed by atoms with Crippen LogP contribution in [0, 0.1) is 0 Å². The lowest BCUT2D eigenvalue weighted by molar-refractivity contribution is 0.242. The minimum absolute atomic E-state index is 0.449. The van der Waals surface area contributed by atoms with Crippen molar-refractivity contribution in [2.24, 2.45) is 0 Å². The Labute approximate surface area is 142 Å². The zero-order valence-corrected chi connectivity index (χ0v) is 14.1. The Morgan fingerprint density at radius 3 is 2.50 bits per heavy atom. The molecule has 0 saturated carbocycles. The lowest BCUT2D eigenvalue weighted by atomic mass is 10.0. The predicted octanol–water partition coefficient (Wildman–Crippen LogP) is 4.60. The van der Waals surface area contributed by atoms with Crippen molar-refractivity contribution in [3.63, 3.8) is 0 Å². The van der Waals surface area contributed by atoms with Crippen molar-refractivity contribution in [1.29, 1.82) is 0 Å². The topological polar surface area (TPSA) is 44.2 Å². The third-order valence-electron chi connectivity index (χ3n) is 3.83. The molecule has 4 heteroatoms. The molecule has 0 saturated heterocycles. The highest BCUT2D eigenvalue weighted by Gasteiger charge is 2.07. The fourth-order valence-corrected chi connectivity index (χ4v) is 2.59. The molecule has 0 aliphatic carbocycles. The molecule has 124 valence electrons. The van der Waals surface area contributed by atoms with Crippen LogP contribution in [0.4, 0.5) is 0 Å². The third kappa shape index (κ3) is 3.82. The minimum Gasteiger partial charge on any atom is -0.493 e. The van der Waals surface area contributed by atoms with E-state index in [1.807, 2.05) is 42.5 Å². The summed E-state index contributed by atoms with van der Waals surface area (Å²) in [4.78, 5) is 8.46. The molecule has 3 aromatic rings. The van der Waals surface area contributed by atoms with Gasteiger partial charge in [0.15, 0.2) is 0 Å². The summed E-state index contributed by atoms with van der Waals surface area (Å²) in [5.74, 6) is 2.04. The Kier molecular flexibility index (Phi) is 5.26. The van der Waals surface area contributed by atoms with Gasteiger partial charge in [0, 0.05) is 6.42 Å². The average molecular weight is 322 g/mol. The van der Waals surface area contributed by atoms with E-state index < -0.39 is 0 Å². The summed E-state index contributed by atoms with van der Waals surface area (Å²) in [5.41, 5.74) is 2.13. The Hall–Kier alpha value is -2.62. The molecular formula is C20H22N2O2. The van der Waals surface area contributed by atoms with Crippen LogP contribution in [0.25, 0.3) is 10.9 Å². The molecular weight excluding hydrogens is 300 g/mol. The molecule has 0 spiro atoms. The fraction of sp³-hybridized carbons (Fsp3) is 0.300. The number of hydrogen-bond donors (Lipinski definition) is 0. The van der Waals surface area contributed by atoms with Crippen molar-refractivity contribution in [1.82, 2.24) is 9.97 Å². The van der Waals surface area contributed by atoms with Gasteiger partial charge in [0.2, 0.25) is 5.88 Å². The van der Waals surface area contributed by atoms with Crippen LogP contribution in [0.2, 0.25) is 0 Å². The van der Waals surface area contributed by atoms with Gasteiger partial charge in [-0.15, -0.1) is 0 Å². The molecule has 0 aliphatic rings. The van der Waals surface area contributed by atoms with Gasteiger partial charge in [0.1, 0.15) is 12.1 Å². The normalized spacial score (nSPS) is 11.0. The first-order chi connectivity index (χ1) is 11.8. The van der Waals surface area contributed by atoms with Crippen molar-refractivity contribution in [2.75, 3.05) is 13.2 Å². The average Bonchev–Trinajstić information content (AvgIpc) is 2.62. The van der Waals surface area contributed by atoms with E-state index >= 15 is 0 Å². The number of benzene rings is 2. The molecule has 3 rings (SSSR count). The van der Waals surface area contributed by atoms with Crippen molar-refractivity contribution in [2.45, 2.75) is 26.2 Å². The Balaban J connectivity index is 1.53. The standard InChI is InChI=1S/C20H22N2O2/c1-15(2)16-8-4-6-11-19(16)23-12-7-13-24-20-17-9-3-5-10-18(17)21-14-22-20/h3-6,8-11,14-15H,7,12-13H2,1-2H3. The molecule has 4 nitrogen and oxygen atoms in total. The zero-order valence-electron chi connectivity index (χ0n) is 14.1. The first kappa shape index (κ1) is 16.2. The second-order valence-corrected chi connectivity index (χ2v) is 5.94. The molecule has 0 N–H and O–H groups in total. The lowest BCUT2D eigenvalue weighted by Crippen LogP contribution is -2.07. The summed E-state index contributed by atoms with van der Waals surface area (Å²) < 4.78 is 11.7. The number of para-hydroxylation sites is 2. The summed E-state index contributed by atoms with van der Waals surface area (Å²) >= 11 is 0. The molecule has 0 fully saturated rings. The van der Waals surface area contributed by atoms with Crippen LogP contribution in [0.1, 0.15) is 31.7 Å². The number of hydrogen-bond acceptors (Lipinski definition) is 4. The summed E-state index contributed by atoms with van der Waals surface area (Å²) in [5, 5.41) is 0.936. The van der Waals surface area contributed by atoms with E-state index in [1.54, 1.807) is 0 Å². The smallest absolute Gasteiger partial charge is 0.224 e. The van der Waals surface area contributed by atoms with Gasteiger partial charge in [-0.25, -0.2) is 9.97 Å². The van der Waals surface area contributed by atoms with Crippen molar-refractivity contribution in [3.05, 3.63) is 60.4 Å². The van der Waals surface area contributed by atoms with Gasteiger partial charge in [-0.05, 0) is 29.7 Å². The maximum absolute atomic E-state index is 5.91. The monoisotopic (exact) mass is 322 g/mol. The molecule has 2 aromatic carbocycles. The highest BCUT2D eigenvalue weighted by atomic mass is 16.5. The number of ether oxygens (including phenoxy) is 2. The second-order valence-electron chi connectivity index (χ2n) is 5.94. The Morgan fingerprint density at radius 1 is 0.875 bits per heavy atom. The van der Waals surface area contributed by atoms with Crippen LogP contribution in [-0.4, -0.2) is 23.2 Å². The van der Waals surface area contributed by atoms with E-state index in [1.165, 1.54) is 11.9 Å². The van der Waals surface area contributed by atoms with Gasteiger partial charge < -0.3 is 9.47 Å². The summed E-state index contributed by atoms with van der Waals surface area (Å²) in [6, 6.07) is 16.0. The van der Waals surface area contributed by atoms with Gasteiger partial charge >= 0.3 is 0 Å². The van der Waals surface area contributed by atoms with Gasteiger partial charge in [-0.2, -0.15) is 0 Å². The maximum Gasteiger partial charge on any atom is 0.224 e. The van der Waals surface area contributed by atoms with E-state index in [2.05, 4.69) is 29.9 Å². The highest BCUT2D eigenvalue weighted by molar-refractivity contribution is 5.82. The van der Waals surface area contributed by atoms with Crippen LogP contribution in [0.5, 0.6) is 11.6 Å². The second kappa shape index (κ2) is 7.77. The first-order valence-corrected chi connectivity index (χ1v) is 8.30. The lowest BCUT2D eigenvalue weighted by Gasteiger charge is -2.14. The maximum atomic E-state index is 5.91. The summed E-state index contributed by atoms with van der Waals surface area (Å²) in [6.45, 7) is 5.52. The van der Waals surface area contributed by atoms with Crippen LogP contribution in [-0.2, 0) is 0 Å². The van der Waals surface area contributed by atoms with Gasteiger partial charge in [-0.3, -0.25) is 0 Å².